The van der Waals surface area contributed by atoms with Gasteiger partial charge in [-0.2, -0.15) is 0 Å². The zero-order valence-corrected chi connectivity index (χ0v) is 11.6. The van der Waals surface area contributed by atoms with E-state index in [1.165, 1.54) is 30.5 Å². The number of aromatic carboxylic acids is 1. The van der Waals surface area contributed by atoms with Crippen molar-refractivity contribution in [2.45, 2.75) is 0 Å². The Morgan fingerprint density at radius 3 is 2.60 bits per heavy atom. The Kier molecular flexibility index (Phi) is 3.99. The molecule has 0 fully saturated rings. The number of carbonyl (C=O) groups is 2. The van der Waals surface area contributed by atoms with Crippen LogP contribution in [0.3, 0.4) is 0 Å². The minimum atomic E-state index is -1.18. The van der Waals surface area contributed by atoms with Gasteiger partial charge in [0.1, 0.15) is 5.56 Å². The van der Waals surface area contributed by atoms with Gasteiger partial charge in [0.25, 0.3) is 11.5 Å². The van der Waals surface area contributed by atoms with Gasteiger partial charge in [0.05, 0.1) is 11.3 Å². The second-order valence-corrected chi connectivity index (χ2v) is 4.78. The number of halogens is 1. The van der Waals surface area contributed by atoms with Crippen LogP contribution in [0.4, 0.5) is 5.69 Å². The van der Waals surface area contributed by atoms with E-state index in [0.29, 0.717) is 4.47 Å². The van der Waals surface area contributed by atoms with E-state index in [0.717, 1.165) is 0 Å². The van der Waals surface area contributed by atoms with Gasteiger partial charge >= 0.3 is 5.97 Å². The number of anilines is 1. The molecule has 0 atom stereocenters. The number of carbonyl (C=O) groups excluding carboxylic acids is 1. The van der Waals surface area contributed by atoms with Gasteiger partial charge in [-0.1, -0.05) is 15.9 Å². The van der Waals surface area contributed by atoms with E-state index >= 15 is 0 Å². The number of aromatic amines is 1. The molecule has 7 heteroatoms. The first kappa shape index (κ1) is 14.0. The quantitative estimate of drug-likeness (QED) is 0.798. The SMILES string of the molecule is O=C(O)c1cc(Br)ccc1NC(=O)c1ccc[nH]c1=O. The summed E-state index contributed by atoms with van der Waals surface area (Å²) in [5.74, 6) is -1.85. The Hall–Kier alpha value is -2.41. The molecule has 3 N–H and O–H groups in total. The fourth-order valence-corrected chi connectivity index (χ4v) is 1.95. The van der Waals surface area contributed by atoms with Crippen LogP contribution in [0, 0.1) is 0 Å². The van der Waals surface area contributed by atoms with Gasteiger partial charge in [-0.25, -0.2) is 4.79 Å². The zero-order valence-electron chi connectivity index (χ0n) is 10.0. The van der Waals surface area contributed by atoms with E-state index < -0.39 is 17.4 Å². The number of benzene rings is 1. The standard InChI is InChI=1S/C13H9BrN2O4/c14-7-3-4-10(9(6-7)13(19)20)16-12(18)8-2-1-5-15-11(8)17/h1-6H,(H,15,17)(H,16,18)(H,19,20). The molecule has 1 aromatic heterocycles. The maximum atomic E-state index is 12.0. The molecule has 0 saturated heterocycles. The summed E-state index contributed by atoms with van der Waals surface area (Å²) in [6, 6.07) is 7.27. The van der Waals surface area contributed by atoms with Crippen LogP contribution in [0.1, 0.15) is 20.7 Å². The van der Waals surface area contributed by atoms with E-state index in [4.69, 9.17) is 5.11 Å². The molecule has 0 aliphatic carbocycles. The van der Waals surface area contributed by atoms with Gasteiger partial charge in [0.15, 0.2) is 0 Å². The largest absolute Gasteiger partial charge is 0.478 e. The number of hydrogen-bond donors (Lipinski definition) is 3. The summed E-state index contributed by atoms with van der Waals surface area (Å²) in [5, 5.41) is 11.5. The summed E-state index contributed by atoms with van der Waals surface area (Å²) in [6.45, 7) is 0. The zero-order chi connectivity index (χ0) is 14.7. The average molecular weight is 337 g/mol. The van der Waals surface area contributed by atoms with Crippen molar-refractivity contribution in [3.8, 4) is 0 Å². The minimum absolute atomic E-state index is 0.0694. The van der Waals surface area contributed by atoms with Gasteiger partial charge in [-0.3, -0.25) is 9.59 Å². The maximum Gasteiger partial charge on any atom is 0.337 e. The third kappa shape index (κ3) is 2.94. The maximum absolute atomic E-state index is 12.0. The van der Waals surface area contributed by atoms with Crippen molar-refractivity contribution in [1.29, 1.82) is 0 Å². The van der Waals surface area contributed by atoms with Crippen LogP contribution in [-0.2, 0) is 0 Å². The Labute approximate surface area is 121 Å². The van der Waals surface area contributed by atoms with Crippen molar-refractivity contribution in [2.24, 2.45) is 0 Å². The number of aromatic nitrogens is 1. The highest BCUT2D eigenvalue weighted by Gasteiger charge is 2.15. The van der Waals surface area contributed by atoms with E-state index in [-0.39, 0.29) is 16.8 Å². The Bertz CT molecular complexity index is 739. The number of pyridine rings is 1. The molecule has 2 aromatic rings. The first-order valence-electron chi connectivity index (χ1n) is 5.51. The molecular formula is C13H9BrN2O4. The molecule has 0 aliphatic heterocycles. The first-order valence-corrected chi connectivity index (χ1v) is 6.30. The van der Waals surface area contributed by atoms with Crippen LogP contribution in [0.25, 0.3) is 0 Å². The van der Waals surface area contributed by atoms with Crippen LogP contribution in [-0.4, -0.2) is 22.0 Å². The van der Waals surface area contributed by atoms with Crippen LogP contribution in [0.15, 0.2) is 45.8 Å². The van der Waals surface area contributed by atoms with Crippen molar-refractivity contribution in [2.75, 3.05) is 5.32 Å². The molecule has 1 aromatic carbocycles. The van der Waals surface area contributed by atoms with Crippen molar-refractivity contribution in [1.82, 2.24) is 4.98 Å². The van der Waals surface area contributed by atoms with Gasteiger partial charge in [0, 0.05) is 10.7 Å². The lowest BCUT2D eigenvalue weighted by Gasteiger charge is -2.08. The highest BCUT2D eigenvalue weighted by atomic mass is 79.9. The average Bonchev–Trinajstić information content (AvgIpc) is 2.41. The minimum Gasteiger partial charge on any atom is -0.478 e. The summed E-state index contributed by atoms with van der Waals surface area (Å²) < 4.78 is 0.574. The van der Waals surface area contributed by atoms with Crippen molar-refractivity contribution in [3.63, 3.8) is 0 Å². The van der Waals surface area contributed by atoms with E-state index in [2.05, 4.69) is 26.2 Å². The Balaban J connectivity index is 2.36. The second kappa shape index (κ2) is 5.70. The summed E-state index contributed by atoms with van der Waals surface area (Å²) in [7, 11) is 0. The molecule has 2 rings (SSSR count). The smallest absolute Gasteiger partial charge is 0.337 e. The molecule has 0 saturated carbocycles. The predicted molar refractivity (Wildman–Crippen MR) is 76.1 cm³/mol. The van der Waals surface area contributed by atoms with Crippen LogP contribution in [0.2, 0.25) is 0 Å². The summed E-state index contributed by atoms with van der Waals surface area (Å²) in [4.78, 5) is 36.9. The number of rotatable bonds is 3. The van der Waals surface area contributed by atoms with Crippen molar-refractivity contribution in [3.05, 3.63) is 62.5 Å². The third-order valence-corrected chi connectivity index (χ3v) is 3.02. The molecule has 6 nitrogen and oxygen atoms in total. The normalized spacial score (nSPS) is 10.1. The number of H-pyrrole nitrogens is 1. The fraction of sp³-hybridized carbons (Fsp3) is 0. The van der Waals surface area contributed by atoms with Crippen molar-refractivity contribution >= 4 is 33.5 Å². The van der Waals surface area contributed by atoms with E-state index in [9.17, 15) is 14.4 Å². The monoisotopic (exact) mass is 336 g/mol. The molecule has 102 valence electrons. The lowest BCUT2D eigenvalue weighted by atomic mass is 10.1. The highest BCUT2D eigenvalue weighted by Crippen LogP contribution is 2.21. The van der Waals surface area contributed by atoms with Gasteiger partial charge < -0.3 is 15.4 Å². The molecule has 0 unspecified atom stereocenters. The Morgan fingerprint density at radius 1 is 1.20 bits per heavy atom. The molecule has 0 radical (unpaired) electrons. The molecular weight excluding hydrogens is 328 g/mol. The number of nitrogens with one attached hydrogen (secondary N) is 2. The van der Waals surface area contributed by atoms with Crippen LogP contribution >= 0.6 is 15.9 Å². The molecule has 20 heavy (non-hydrogen) atoms. The first-order chi connectivity index (χ1) is 9.49. The topological polar surface area (TPSA) is 99.3 Å². The van der Waals surface area contributed by atoms with Gasteiger partial charge in [-0.05, 0) is 30.3 Å². The molecule has 0 bridgehead atoms. The third-order valence-electron chi connectivity index (χ3n) is 2.52. The molecule has 0 spiro atoms. The summed E-state index contributed by atoms with van der Waals surface area (Å²) >= 11 is 3.16. The highest BCUT2D eigenvalue weighted by molar-refractivity contribution is 9.10. The molecule has 0 aliphatic rings. The molecule has 1 heterocycles. The van der Waals surface area contributed by atoms with Gasteiger partial charge in [-0.15, -0.1) is 0 Å². The number of amides is 1. The van der Waals surface area contributed by atoms with Crippen LogP contribution in [0.5, 0.6) is 0 Å². The Morgan fingerprint density at radius 2 is 1.95 bits per heavy atom. The lowest BCUT2D eigenvalue weighted by molar-refractivity contribution is 0.0698. The van der Waals surface area contributed by atoms with E-state index in [1.807, 2.05) is 0 Å². The molecule has 1 amide bonds. The number of carboxylic acid groups (broad SMARTS) is 1. The fourth-order valence-electron chi connectivity index (χ4n) is 1.59. The second-order valence-electron chi connectivity index (χ2n) is 3.86. The van der Waals surface area contributed by atoms with E-state index in [1.54, 1.807) is 6.07 Å². The number of carboxylic acids is 1. The van der Waals surface area contributed by atoms with Crippen LogP contribution < -0.4 is 10.9 Å². The summed E-state index contributed by atoms with van der Waals surface area (Å²) in [5.41, 5.74) is -0.584. The van der Waals surface area contributed by atoms with Gasteiger partial charge in [0.2, 0.25) is 0 Å². The summed E-state index contributed by atoms with van der Waals surface area (Å²) in [6.07, 6.45) is 1.40. The number of hydrogen-bond acceptors (Lipinski definition) is 3. The van der Waals surface area contributed by atoms with Crippen molar-refractivity contribution < 1.29 is 14.7 Å². The lowest BCUT2D eigenvalue weighted by Crippen LogP contribution is -2.23. The predicted octanol–water partition coefficient (Wildman–Crippen LogP) is 2.09.